The monoisotopic (exact) mass is 409 g/mol. The van der Waals surface area contributed by atoms with Gasteiger partial charge in [-0.1, -0.05) is 25.5 Å². The van der Waals surface area contributed by atoms with Gasteiger partial charge < -0.3 is 15.0 Å². The van der Waals surface area contributed by atoms with Gasteiger partial charge in [-0.25, -0.2) is 4.79 Å². The van der Waals surface area contributed by atoms with E-state index < -0.39 is 0 Å². The first-order chi connectivity index (χ1) is 14.2. The molecule has 0 atom stereocenters. The van der Waals surface area contributed by atoms with Gasteiger partial charge in [0, 0.05) is 36.0 Å². The molecule has 2 aromatic heterocycles. The van der Waals surface area contributed by atoms with Gasteiger partial charge in [-0.05, 0) is 60.2 Å². The van der Waals surface area contributed by atoms with Gasteiger partial charge in [0.2, 0.25) is 0 Å². The Labute approximate surface area is 176 Å². The number of nitrogens with one attached hydrogen (secondary N) is 1. The number of urea groups is 1. The molecule has 152 valence electrons. The average Bonchev–Trinajstić information content (AvgIpc) is 3.27. The third-order valence-corrected chi connectivity index (χ3v) is 5.40. The van der Waals surface area contributed by atoms with E-state index in [0.29, 0.717) is 19.7 Å². The Balaban J connectivity index is 1.61. The smallest absolute Gasteiger partial charge is 0.322 e. The van der Waals surface area contributed by atoms with Crippen LogP contribution < -0.4 is 10.1 Å². The zero-order valence-electron chi connectivity index (χ0n) is 16.7. The molecule has 0 saturated heterocycles. The molecule has 0 radical (unpaired) electrons. The summed E-state index contributed by atoms with van der Waals surface area (Å²) in [7, 11) is 0. The number of carbonyl (C=O) groups excluding carboxylic acids is 1. The summed E-state index contributed by atoms with van der Waals surface area (Å²) in [6.45, 7) is 4.00. The highest BCUT2D eigenvalue weighted by molar-refractivity contribution is 7.09. The largest absolute Gasteiger partial charge is 0.494 e. The molecule has 1 aromatic carbocycles. The molecular weight excluding hydrogens is 382 g/mol. The molecule has 29 heavy (non-hydrogen) atoms. The quantitative estimate of drug-likeness (QED) is 0.444. The van der Waals surface area contributed by atoms with Crippen molar-refractivity contribution in [2.45, 2.75) is 32.7 Å². The van der Waals surface area contributed by atoms with Gasteiger partial charge in [-0.15, -0.1) is 11.3 Å². The fraction of sp³-hybridized carbons (Fsp3) is 0.304. The number of ether oxygens (including phenoxy) is 1. The second kappa shape index (κ2) is 11.2. The number of rotatable bonds is 10. The highest BCUT2D eigenvalue weighted by Gasteiger charge is 2.15. The number of benzene rings is 1. The van der Waals surface area contributed by atoms with Gasteiger partial charge in [-0.2, -0.15) is 0 Å². The topological polar surface area (TPSA) is 54.5 Å². The van der Waals surface area contributed by atoms with E-state index in [1.54, 1.807) is 23.7 Å². The Hall–Kier alpha value is -2.86. The van der Waals surface area contributed by atoms with E-state index in [2.05, 4.69) is 28.7 Å². The van der Waals surface area contributed by atoms with Crippen LogP contribution in [-0.2, 0) is 13.0 Å². The van der Waals surface area contributed by atoms with Crippen LogP contribution in [0.2, 0.25) is 0 Å². The van der Waals surface area contributed by atoms with Crippen LogP contribution in [0.4, 0.5) is 10.5 Å². The van der Waals surface area contributed by atoms with Gasteiger partial charge in [0.05, 0.1) is 6.61 Å². The Morgan fingerprint density at radius 2 is 2.03 bits per heavy atom. The number of carbonyl (C=O) groups is 1. The second-order valence-corrected chi connectivity index (χ2v) is 7.80. The number of unbranched alkanes of at least 4 members (excludes halogenated alkanes) is 1. The van der Waals surface area contributed by atoms with Gasteiger partial charge in [0.15, 0.2) is 0 Å². The molecule has 5 nitrogen and oxygen atoms in total. The van der Waals surface area contributed by atoms with Crippen LogP contribution >= 0.6 is 11.3 Å². The lowest BCUT2D eigenvalue weighted by molar-refractivity contribution is 0.210. The van der Waals surface area contributed by atoms with E-state index in [4.69, 9.17) is 4.74 Å². The highest BCUT2D eigenvalue weighted by Crippen LogP contribution is 2.18. The molecule has 2 amide bonds. The lowest BCUT2D eigenvalue weighted by Crippen LogP contribution is -2.36. The standard InChI is InChI=1S/C23H27N3O2S/c1-2-3-15-28-21-10-8-20(9-11-21)25-23(27)26(14-12-22-7-5-16-29-22)18-19-6-4-13-24-17-19/h4-11,13,16-17H,2-3,12,14-15,18H2,1H3,(H,25,27). The lowest BCUT2D eigenvalue weighted by atomic mass is 10.2. The van der Waals surface area contributed by atoms with Crippen LogP contribution in [0.15, 0.2) is 66.3 Å². The third-order valence-electron chi connectivity index (χ3n) is 4.46. The van der Waals surface area contributed by atoms with Crippen molar-refractivity contribution in [2.75, 3.05) is 18.5 Å². The second-order valence-electron chi connectivity index (χ2n) is 6.77. The molecule has 3 rings (SSSR count). The minimum absolute atomic E-state index is 0.120. The van der Waals surface area contributed by atoms with E-state index in [9.17, 15) is 4.79 Å². The van der Waals surface area contributed by atoms with Gasteiger partial charge >= 0.3 is 6.03 Å². The van der Waals surface area contributed by atoms with E-state index in [1.165, 1.54) is 4.88 Å². The maximum atomic E-state index is 12.9. The molecule has 0 aliphatic heterocycles. The fourth-order valence-electron chi connectivity index (χ4n) is 2.84. The number of anilines is 1. The molecule has 6 heteroatoms. The molecule has 0 fully saturated rings. The fourth-order valence-corrected chi connectivity index (χ4v) is 3.53. The van der Waals surface area contributed by atoms with Crippen LogP contribution in [0.25, 0.3) is 0 Å². The Bertz CT molecular complexity index is 852. The van der Waals surface area contributed by atoms with Crippen molar-refractivity contribution in [1.29, 1.82) is 0 Å². The van der Waals surface area contributed by atoms with E-state index in [1.807, 2.05) is 47.4 Å². The predicted molar refractivity (Wildman–Crippen MR) is 119 cm³/mol. The SMILES string of the molecule is CCCCOc1ccc(NC(=O)N(CCc2cccs2)Cc2cccnc2)cc1. The molecule has 0 bridgehead atoms. The summed E-state index contributed by atoms with van der Waals surface area (Å²) in [5.41, 5.74) is 1.76. The Morgan fingerprint density at radius 1 is 1.17 bits per heavy atom. The van der Waals surface area contributed by atoms with Gasteiger partial charge in [0.25, 0.3) is 0 Å². The molecule has 0 spiro atoms. The normalized spacial score (nSPS) is 10.5. The van der Waals surface area contributed by atoms with Crippen molar-refractivity contribution >= 4 is 23.1 Å². The van der Waals surface area contributed by atoms with Crippen LogP contribution in [0.1, 0.15) is 30.2 Å². The van der Waals surface area contributed by atoms with Crippen LogP contribution in [0.5, 0.6) is 5.75 Å². The minimum Gasteiger partial charge on any atom is -0.494 e. The van der Waals surface area contributed by atoms with Gasteiger partial charge in [-0.3, -0.25) is 4.98 Å². The number of pyridine rings is 1. The zero-order valence-corrected chi connectivity index (χ0v) is 17.5. The first kappa shape index (κ1) is 20.9. The van der Waals surface area contributed by atoms with Crippen molar-refractivity contribution in [3.8, 4) is 5.75 Å². The molecule has 0 saturated carbocycles. The number of amides is 2. The maximum Gasteiger partial charge on any atom is 0.322 e. The van der Waals surface area contributed by atoms with Crippen molar-refractivity contribution < 1.29 is 9.53 Å². The summed E-state index contributed by atoms with van der Waals surface area (Å²) in [4.78, 5) is 20.2. The van der Waals surface area contributed by atoms with E-state index >= 15 is 0 Å². The molecule has 0 unspecified atom stereocenters. The molecule has 0 aliphatic carbocycles. The van der Waals surface area contributed by atoms with Crippen LogP contribution in [-0.4, -0.2) is 29.1 Å². The van der Waals surface area contributed by atoms with Crippen LogP contribution in [0.3, 0.4) is 0 Å². The molecule has 1 N–H and O–H groups in total. The van der Waals surface area contributed by atoms with Crippen molar-refractivity contribution in [2.24, 2.45) is 0 Å². The maximum absolute atomic E-state index is 12.9. The van der Waals surface area contributed by atoms with E-state index in [0.717, 1.165) is 36.3 Å². The molecular formula is C23H27N3O2S. The molecule has 0 aliphatic rings. The average molecular weight is 410 g/mol. The summed E-state index contributed by atoms with van der Waals surface area (Å²) < 4.78 is 5.68. The van der Waals surface area contributed by atoms with Gasteiger partial charge in [0.1, 0.15) is 5.75 Å². The van der Waals surface area contributed by atoms with E-state index in [-0.39, 0.29) is 6.03 Å². The minimum atomic E-state index is -0.120. The predicted octanol–water partition coefficient (Wildman–Crippen LogP) is 5.60. The number of thiophene rings is 1. The third kappa shape index (κ3) is 6.91. The van der Waals surface area contributed by atoms with Crippen LogP contribution in [0, 0.1) is 0 Å². The summed E-state index contributed by atoms with van der Waals surface area (Å²) in [5.74, 6) is 0.821. The number of aromatic nitrogens is 1. The summed E-state index contributed by atoms with van der Waals surface area (Å²) >= 11 is 1.71. The molecule has 3 aromatic rings. The number of hydrogen-bond donors (Lipinski definition) is 1. The zero-order chi connectivity index (χ0) is 20.3. The van der Waals surface area contributed by atoms with Crippen molar-refractivity contribution in [1.82, 2.24) is 9.88 Å². The highest BCUT2D eigenvalue weighted by atomic mass is 32.1. The van der Waals surface area contributed by atoms with Crippen molar-refractivity contribution in [3.05, 3.63) is 76.7 Å². The number of hydrogen-bond acceptors (Lipinski definition) is 4. The summed E-state index contributed by atoms with van der Waals surface area (Å²) in [6, 6.07) is 15.4. The lowest BCUT2D eigenvalue weighted by Gasteiger charge is -2.23. The Kier molecular flexibility index (Phi) is 8.07. The molecule has 2 heterocycles. The summed E-state index contributed by atoms with van der Waals surface area (Å²) in [6.07, 6.45) is 6.51. The first-order valence-corrected chi connectivity index (χ1v) is 10.8. The first-order valence-electron chi connectivity index (χ1n) is 9.94. The van der Waals surface area contributed by atoms with Crippen molar-refractivity contribution in [3.63, 3.8) is 0 Å². The number of nitrogens with zero attached hydrogens (tertiary/aromatic N) is 2. The summed E-state index contributed by atoms with van der Waals surface area (Å²) in [5, 5.41) is 5.06. The Morgan fingerprint density at radius 3 is 2.72 bits per heavy atom.